The third-order valence-corrected chi connectivity index (χ3v) is 4.87. The minimum Gasteiger partial charge on any atom is -0.356 e. The molecule has 2 aromatic rings. The van der Waals surface area contributed by atoms with Gasteiger partial charge in [-0.05, 0) is 29.5 Å². The predicted octanol–water partition coefficient (Wildman–Crippen LogP) is 1.50. The number of rotatable bonds is 6. The second-order valence-corrected chi connectivity index (χ2v) is 6.89. The number of benzene rings is 1. The maximum atomic E-state index is 12.4. The Labute approximate surface area is 158 Å². The van der Waals surface area contributed by atoms with Crippen LogP contribution in [0.5, 0.6) is 0 Å². The Balaban J connectivity index is 1.65. The number of nitrogens with one attached hydrogen (secondary N) is 1. The molecule has 6 heteroatoms. The number of pyridine rings is 1. The Kier molecular flexibility index (Phi) is 6.06. The number of nitrogens with zero attached hydrogens (tertiary/aromatic N) is 2. The topological polar surface area (TPSA) is 71.4 Å². The summed E-state index contributed by atoms with van der Waals surface area (Å²) in [6.07, 6.45) is 3.67. The van der Waals surface area contributed by atoms with E-state index in [-0.39, 0.29) is 17.4 Å². The van der Waals surface area contributed by atoms with Crippen LogP contribution >= 0.6 is 0 Å². The van der Waals surface area contributed by atoms with Crippen LogP contribution in [0.3, 0.4) is 0 Å². The molecule has 1 aromatic carbocycles. The van der Waals surface area contributed by atoms with Crippen LogP contribution in [0, 0.1) is 0 Å². The highest BCUT2D eigenvalue weighted by Gasteiger charge is 2.21. The first kappa shape index (κ1) is 18.9. The van der Waals surface area contributed by atoms with Crippen LogP contribution in [0.25, 0.3) is 0 Å². The third-order valence-electron chi connectivity index (χ3n) is 4.87. The van der Waals surface area contributed by atoms with Crippen molar-refractivity contribution >= 4 is 11.8 Å². The SMILES string of the molecule is CC(=O)NCCC(=O)N1CCc2cc(=O)n(CCc3ccccc3)cc2C1. The van der Waals surface area contributed by atoms with E-state index < -0.39 is 0 Å². The van der Waals surface area contributed by atoms with Gasteiger partial charge in [-0.1, -0.05) is 30.3 Å². The molecule has 0 saturated carbocycles. The summed E-state index contributed by atoms with van der Waals surface area (Å²) in [4.78, 5) is 37.5. The summed E-state index contributed by atoms with van der Waals surface area (Å²) in [5.74, 6) is -0.106. The van der Waals surface area contributed by atoms with Crippen LogP contribution in [0.15, 0.2) is 47.4 Å². The number of carbonyl (C=O) groups excluding carboxylic acids is 2. The molecule has 142 valence electrons. The zero-order valence-corrected chi connectivity index (χ0v) is 15.6. The number of aryl methyl sites for hydroxylation is 2. The van der Waals surface area contributed by atoms with E-state index in [1.165, 1.54) is 12.5 Å². The summed E-state index contributed by atoms with van der Waals surface area (Å²) >= 11 is 0. The molecule has 0 unspecified atom stereocenters. The fraction of sp³-hybridized carbons (Fsp3) is 0.381. The van der Waals surface area contributed by atoms with Gasteiger partial charge in [-0.25, -0.2) is 0 Å². The summed E-state index contributed by atoms with van der Waals surface area (Å²) in [5.41, 5.74) is 3.26. The van der Waals surface area contributed by atoms with Gasteiger partial charge in [0.05, 0.1) is 0 Å². The fourth-order valence-electron chi connectivity index (χ4n) is 3.36. The quantitative estimate of drug-likeness (QED) is 0.841. The molecule has 1 aliphatic heterocycles. The van der Waals surface area contributed by atoms with Crippen molar-refractivity contribution in [2.24, 2.45) is 0 Å². The summed E-state index contributed by atoms with van der Waals surface area (Å²) in [7, 11) is 0. The number of hydrogen-bond donors (Lipinski definition) is 1. The summed E-state index contributed by atoms with van der Waals surface area (Å²) in [5, 5.41) is 2.65. The van der Waals surface area contributed by atoms with Gasteiger partial charge in [0.1, 0.15) is 0 Å². The second kappa shape index (κ2) is 8.66. The first-order chi connectivity index (χ1) is 13.0. The lowest BCUT2D eigenvalue weighted by atomic mass is 10.0. The monoisotopic (exact) mass is 367 g/mol. The molecular formula is C21H25N3O3. The van der Waals surface area contributed by atoms with Gasteiger partial charge in [0.2, 0.25) is 11.8 Å². The molecule has 0 spiro atoms. The van der Waals surface area contributed by atoms with Crippen molar-refractivity contribution in [3.63, 3.8) is 0 Å². The van der Waals surface area contributed by atoms with E-state index in [0.717, 1.165) is 17.5 Å². The van der Waals surface area contributed by atoms with Crippen molar-refractivity contribution in [2.75, 3.05) is 13.1 Å². The average molecular weight is 367 g/mol. The molecule has 6 nitrogen and oxygen atoms in total. The van der Waals surface area contributed by atoms with Crippen LogP contribution in [-0.2, 0) is 35.5 Å². The molecule has 2 heterocycles. The van der Waals surface area contributed by atoms with Gasteiger partial charge < -0.3 is 14.8 Å². The highest BCUT2D eigenvalue weighted by molar-refractivity contribution is 5.78. The molecule has 0 radical (unpaired) electrons. The zero-order chi connectivity index (χ0) is 19.2. The van der Waals surface area contributed by atoms with E-state index >= 15 is 0 Å². The van der Waals surface area contributed by atoms with Crippen molar-refractivity contribution in [3.8, 4) is 0 Å². The molecule has 0 fully saturated rings. The van der Waals surface area contributed by atoms with E-state index in [9.17, 15) is 14.4 Å². The lowest BCUT2D eigenvalue weighted by molar-refractivity contribution is -0.132. The lowest BCUT2D eigenvalue weighted by Gasteiger charge is -2.29. The van der Waals surface area contributed by atoms with Gasteiger partial charge >= 0.3 is 0 Å². The largest absolute Gasteiger partial charge is 0.356 e. The van der Waals surface area contributed by atoms with Gasteiger partial charge in [0.15, 0.2) is 0 Å². The Morgan fingerprint density at radius 1 is 1.15 bits per heavy atom. The van der Waals surface area contributed by atoms with E-state index in [2.05, 4.69) is 17.4 Å². The maximum absolute atomic E-state index is 12.4. The molecule has 1 aromatic heterocycles. The number of aromatic nitrogens is 1. The van der Waals surface area contributed by atoms with E-state index in [1.54, 1.807) is 15.5 Å². The van der Waals surface area contributed by atoms with Crippen LogP contribution < -0.4 is 10.9 Å². The van der Waals surface area contributed by atoms with Gasteiger partial charge in [0, 0.05) is 51.8 Å². The minimum atomic E-state index is -0.130. The Bertz CT molecular complexity index is 874. The zero-order valence-electron chi connectivity index (χ0n) is 15.6. The minimum absolute atomic E-state index is 0.00937. The number of hydrogen-bond acceptors (Lipinski definition) is 3. The van der Waals surface area contributed by atoms with Crippen molar-refractivity contribution in [1.82, 2.24) is 14.8 Å². The van der Waals surface area contributed by atoms with E-state index in [4.69, 9.17) is 0 Å². The molecule has 0 atom stereocenters. The van der Waals surface area contributed by atoms with Crippen LogP contribution in [-0.4, -0.2) is 34.4 Å². The average Bonchev–Trinajstić information content (AvgIpc) is 2.66. The number of carbonyl (C=O) groups is 2. The van der Waals surface area contributed by atoms with Crippen molar-refractivity contribution < 1.29 is 9.59 Å². The lowest BCUT2D eigenvalue weighted by Crippen LogP contribution is -2.39. The van der Waals surface area contributed by atoms with Crippen LogP contribution in [0.4, 0.5) is 0 Å². The Hall–Kier alpha value is -2.89. The normalized spacial score (nSPS) is 13.1. The van der Waals surface area contributed by atoms with Crippen molar-refractivity contribution in [1.29, 1.82) is 0 Å². The summed E-state index contributed by atoms with van der Waals surface area (Å²) < 4.78 is 1.73. The Morgan fingerprint density at radius 2 is 1.93 bits per heavy atom. The molecule has 0 bridgehead atoms. The van der Waals surface area contributed by atoms with Gasteiger partial charge in [-0.2, -0.15) is 0 Å². The molecule has 27 heavy (non-hydrogen) atoms. The third kappa shape index (κ3) is 5.06. The molecule has 1 aliphatic rings. The summed E-state index contributed by atoms with van der Waals surface area (Å²) in [6.45, 7) is 3.54. The van der Waals surface area contributed by atoms with Gasteiger partial charge in [-0.15, -0.1) is 0 Å². The first-order valence-electron chi connectivity index (χ1n) is 9.31. The highest BCUT2D eigenvalue weighted by atomic mass is 16.2. The highest BCUT2D eigenvalue weighted by Crippen LogP contribution is 2.18. The number of amides is 2. The molecule has 0 saturated heterocycles. The molecule has 0 aliphatic carbocycles. The smallest absolute Gasteiger partial charge is 0.250 e. The first-order valence-corrected chi connectivity index (χ1v) is 9.31. The van der Waals surface area contributed by atoms with Crippen molar-refractivity contribution in [3.05, 3.63) is 69.6 Å². The number of fused-ring (bicyclic) bond motifs is 1. The fourth-order valence-corrected chi connectivity index (χ4v) is 3.36. The van der Waals surface area contributed by atoms with E-state index in [1.807, 2.05) is 24.4 Å². The Morgan fingerprint density at radius 3 is 2.67 bits per heavy atom. The van der Waals surface area contributed by atoms with E-state index in [0.29, 0.717) is 39.0 Å². The molecule has 1 N–H and O–H groups in total. The van der Waals surface area contributed by atoms with Crippen LogP contribution in [0.1, 0.15) is 30.0 Å². The molecule has 3 rings (SSSR count). The maximum Gasteiger partial charge on any atom is 0.250 e. The van der Waals surface area contributed by atoms with Gasteiger partial charge in [0.25, 0.3) is 5.56 Å². The van der Waals surface area contributed by atoms with Crippen molar-refractivity contribution in [2.45, 2.75) is 39.3 Å². The second-order valence-electron chi connectivity index (χ2n) is 6.89. The molecule has 2 amide bonds. The summed E-state index contributed by atoms with van der Waals surface area (Å²) in [6, 6.07) is 11.8. The standard InChI is InChI=1S/C21H25N3O3/c1-16(25)22-10-7-20(26)23-12-9-18-13-21(27)24(15-19(18)14-23)11-8-17-5-3-2-4-6-17/h2-6,13,15H,7-12,14H2,1H3,(H,22,25). The van der Waals surface area contributed by atoms with Crippen LogP contribution in [0.2, 0.25) is 0 Å². The predicted molar refractivity (Wildman–Crippen MR) is 103 cm³/mol. The molecular weight excluding hydrogens is 342 g/mol. The van der Waals surface area contributed by atoms with Gasteiger partial charge in [-0.3, -0.25) is 14.4 Å².